The van der Waals surface area contributed by atoms with Crippen molar-refractivity contribution in [3.05, 3.63) is 17.6 Å². The highest BCUT2D eigenvalue weighted by Gasteiger charge is 2.23. The molecule has 3 rings (SSSR count). The Morgan fingerprint density at radius 1 is 0.963 bits per heavy atom. The highest BCUT2D eigenvalue weighted by atomic mass is 16.2. The van der Waals surface area contributed by atoms with Crippen molar-refractivity contribution in [2.75, 3.05) is 50.7 Å². The van der Waals surface area contributed by atoms with Crippen LogP contribution in [0.3, 0.4) is 0 Å². The Morgan fingerprint density at radius 3 is 2.22 bits per heavy atom. The average molecular weight is 374 g/mol. The molecule has 6 heteroatoms. The van der Waals surface area contributed by atoms with Crippen molar-refractivity contribution in [1.29, 1.82) is 0 Å². The van der Waals surface area contributed by atoms with Crippen LogP contribution in [0.5, 0.6) is 0 Å². The quantitative estimate of drug-likeness (QED) is 0.812. The van der Waals surface area contributed by atoms with Crippen LogP contribution in [0.2, 0.25) is 0 Å². The van der Waals surface area contributed by atoms with Crippen molar-refractivity contribution >= 4 is 11.7 Å². The summed E-state index contributed by atoms with van der Waals surface area (Å²) in [5, 5.41) is 0. The van der Waals surface area contributed by atoms with Gasteiger partial charge in [0.15, 0.2) is 0 Å². The molecule has 0 spiro atoms. The van der Waals surface area contributed by atoms with Crippen molar-refractivity contribution in [2.45, 2.75) is 58.8 Å². The van der Waals surface area contributed by atoms with Gasteiger partial charge < -0.3 is 9.80 Å². The van der Waals surface area contributed by atoms with Gasteiger partial charge in [0.2, 0.25) is 5.91 Å². The first-order valence-electron chi connectivity index (χ1n) is 10.6. The lowest BCUT2D eigenvalue weighted by atomic mass is 10.1. The second kappa shape index (κ2) is 9.49. The van der Waals surface area contributed by atoms with Gasteiger partial charge in [-0.2, -0.15) is 0 Å². The number of carbonyl (C=O) groups excluding carboxylic acids is 1. The van der Waals surface area contributed by atoms with Gasteiger partial charge in [-0.1, -0.05) is 33.1 Å². The van der Waals surface area contributed by atoms with Gasteiger partial charge in [0.1, 0.15) is 11.6 Å². The van der Waals surface area contributed by atoms with E-state index in [4.69, 9.17) is 4.98 Å². The Bertz CT molecular complexity index is 617. The molecule has 6 nitrogen and oxygen atoms in total. The summed E-state index contributed by atoms with van der Waals surface area (Å²) in [5.41, 5.74) is 1.03. The first kappa shape index (κ1) is 20.1. The van der Waals surface area contributed by atoms with Gasteiger partial charge in [-0.25, -0.2) is 9.97 Å². The molecule has 0 bridgehead atoms. The third-order valence-corrected chi connectivity index (χ3v) is 5.64. The lowest BCUT2D eigenvalue weighted by molar-refractivity contribution is -0.132. The molecule has 0 saturated carbocycles. The largest absolute Gasteiger partial charge is 0.354 e. The lowest BCUT2D eigenvalue weighted by Gasteiger charge is -2.36. The van der Waals surface area contributed by atoms with E-state index in [-0.39, 0.29) is 0 Å². The third-order valence-electron chi connectivity index (χ3n) is 5.64. The number of hydrogen-bond donors (Lipinski definition) is 0. The van der Waals surface area contributed by atoms with E-state index in [0.29, 0.717) is 18.4 Å². The molecule has 1 amide bonds. The second-order valence-electron chi connectivity index (χ2n) is 8.29. The van der Waals surface area contributed by atoms with Crippen LogP contribution in [-0.4, -0.2) is 71.5 Å². The molecular formula is C21H35N5O. The second-order valence-corrected chi connectivity index (χ2v) is 8.29. The van der Waals surface area contributed by atoms with E-state index in [0.717, 1.165) is 69.4 Å². The number of carbonyl (C=O) groups is 1. The Morgan fingerprint density at radius 2 is 1.59 bits per heavy atom. The number of likely N-dealkylation sites (tertiary alicyclic amines) is 1. The van der Waals surface area contributed by atoms with Gasteiger partial charge in [-0.15, -0.1) is 0 Å². The van der Waals surface area contributed by atoms with Crippen molar-refractivity contribution in [2.24, 2.45) is 0 Å². The summed E-state index contributed by atoms with van der Waals surface area (Å²) < 4.78 is 0. The maximum Gasteiger partial charge on any atom is 0.236 e. The fraction of sp³-hybridized carbons (Fsp3) is 0.762. The molecule has 27 heavy (non-hydrogen) atoms. The van der Waals surface area contributed by atoms with Crippen LogP contribution >= 0.6 is 0 Å². The normalized spacial score (nSPS) is 19.9. The zero-order valence-electron chi connectivity index (χ0n) is 17.3. The number of aryl methyl sites for hydroxylation is 1. The van der Waals surface area contributed by atoms with Gasteiger partial charge in [-0.05, 0) is 19.8 Å². The molecule has 2 fully saturated rings. The summed E-state index contributed by atoms with van der Waals surface area (Å²) in [6.45, 7) is 12.4. The topological polar surface area (TPSA) is 52.6 Å². The molecule has 2 saturated heterocycles. The van der Waals surface area contributed by atoms with E-state index in [1.165, 1.54) is 19.3 Å². The molecule has 150 valence electrons. The van der Waals surface area contributed by atoms with E-state index in [9.17, 15) is 4.79 Å². The number of rotatable bonds is 4. The summed E-state index contributed by atoms with van der Waals surface area (Å²) in [5.74, 6) is 2.59. The Labute approximate surface area is 164 Å². The summed E-state index contributed by atoms with van der Waals surface area (Å²) in [7, 11) is 0. The highest BCUT2D eigenvalue weighted by molar-refractivity contribution is 5.78. The number of nitrogens with zero attached hydrogens (tertiary/aromatic N) is 5. The Hall–Kier alpha value is -1.69. The van der Waals surface area contributed by atoms with Gasteiger partial charge >= 0.3 is 0 Å². The van der Waals surface area contributed by atoms with E-state index >= 15 is 0 Å². The molecule has 0 radical (unpaired) electrons. The van der Waals surface area contributed by atoms with Gasteiger partial charge in [0, 0.05) is 56.9 Å². The van der Waals surface area contributed by atoms with E-state index in [2.05, 4.69) is 39.6 Å². The molecule has 2 aliphatic heterocycles. The van der Waals surface area contributed by atoms with Crippen molar-refractivity contribution in [3.63, 3.8) is 0 Å². The summed E-state index contributed by atoms with van der Waals surface area (Å²) in [4.78, 5) is 28.7. The van der Waals surface area contributed by atoms with Gasteiger partial charge in [-0.3, -0.25) is 9.69 Å². The predicted octanol–water partition coefficient (Wildman–Crippen LogP) is 2.82. The molecule has 2 aliphatic rings. The summed E-state index contributed by atoms with van der Waals surface area (Å²) >= 11 is 0. The molecule has 0 N–H and O–H groups in total. The fourth-order valence-electron chi connectivity index (χ4n) is 3.92. The van der Waals surface area contributed by atoms with Crippen LogP contribution < -0.4 is 4.90 Å². The zero-order valence-corrected chi connectivity index (χ0v) is 17.3. The maximum absolute atomic E-state index is 12.7. The smallest absolute Gasteiger partial charge is 0.236 e. The number of piperazine rings is 1. The molecule has 1 aromatic heterocycles. The maximum atomic E-state index is 12.7. The van der Waals surface area contributed by atoms with Crippen LogP contribution in [0.15, 0.2) is 6.07 Å². The molecule has 1 aromatic rings. The van der Waals surface area contributed by atoms with Crippen molar-refractivity contribution in [1.82, 2.24) is 19.8 Å². The number of amides is 1. The zero-order chi connectivity index (χ0) is 19.2. The Balaban J connectivity index is 1.52. The van der Waals surface area contributed by atoms with Crippen molar-refractivity contribution < 1.29 is 4.79 Å². The van der Waals surface area contributed by atoms with Gasteiger partial charge in [0.25, 0.3) is 0 Å². The highest BCUT2D eigenvalue weighted by Crippen LogP contribution is 2.19. The van der Waals surface area contributed by atoms with Gasteiger partial charge in [0.05, 0.1) is 6.54 Å². The molecule has 0 unspecified atom stereocenters. The predicted molar refractivity (Wildman–Crippen MR) is 109 cm³/mol. The minimum atomic E-state index is 0.310. The number of hydrogen-bond acceptors (Lipinski definition) is 5. The first-order valence-corrected chi connectivity index (χ1v) is 10.6. The first-order chi connectivity index (χ1) is 13.0. The summed E-state index contributed by atoms with van der Waals surface area (Å²) in [6.07, 6.45) is 6.17. The number of anilines is 1. The van der Waals surface area contributed by atoms with E-state index in [1.54, 1.807) is 0 Å². The van der Waals surface area contributed by atoms with Crippen molar-refractivity contribution in [3.8, 4) is 0 Å². The van der Waals surface area contributed by atoms with Crippen LogP contribution in [0.1, 0.15) is 63.4 Å². The fourth-order valence-corrected chi connectivity index (χ4v) is 3.92. The molecule has 3 heterocycles. The molecule has 0 aliphatic carbocycles. The summed E-state index contributed by atoms with van der Waals surface area (Å²) in [6, 6.07) is 2.08. The molecule has 0 aromatic carbocycles. The molecule has 0 atom stereocenters. The minimum Gasteiger partial charge on any atom is -0.354 e. The van der Waals surface area contributed by atoms with Crippen LogP contribution in [0.25, 0.3) is 0 Å². The SMILES string of the molecule is Cc1cc(N2CCN(CC(=O)N3CCCCCCC3)CC2)nc(C(C)C)n1. The van der Waals surface area contributed by atoms with Crippen LogP contribution in [0, 0.1) is 6.92 Å². The lowest BCUT2D eigenvalue weighted by Crippen LogP contribution is -2.50. The monoisotopic (exact) mass is 373 g/mol. The Kier molecular flexibility index (Phi) is 7.05. The van der Waals surface area contributed by atoms with Crippen LogP contribution in [-0.2, 0) is 4.79 Å². The van der Waals surface area contributed by atoms with Crippen LogP contribution in [0.4, 0.5) is 5.82 Å². The average Bonchev–Trinajstić information content (AvgIpc) is 2.61. The molecular weight excluding hydrogens is 338 g/mol. The number of aromatic nitrogens is 2. The minimum absolute atomic E-state index is 0.310. The standard InChI is InChI=1S/C21H35N5O/c1-17(2)21-22-18(3)15-19(23-21)25-13-11-24(12-14-25)16-20(27)26-9-7-5-4-6-8-10-26/h15,17H,4-14,16H2,1-3H3. The van der Waals surface area contributed by atoms with E-state index in [1.807, 2.05) is 6.92 Å². The third kappa shape index (κ3) is 5.64. The van der Waals surface area contributed by atoms with E-state index < -0.39 is 0 Å².